The average molecular weight is 166 g/mol. The van der Waals surface area contributed by atoms with E-state index in [-0.39, 0.29) is 12.1 Å². The summed E-state index contributed by atoms with van der Waals surface area (Å²) in [5.41, 5.74) is 0.660. The van der Waals surface area contributed by atoms with Gasteiger partial charge in [-0.1, -0.05) is 0 Å². The molecule has 0 unspecified atom stereocenters. The lowest BCUT2D eigenvalue weighted by Crippen LogP contribution is -2.06. The van der Waals surface area contributed by atoms with E-state index in [2.05, 4.69) is 9.97 Å². The highest BCUT2D eigenvalue weighted by Gasteiger charge is 2.08. The van der Waals surface area contributed by atoms with Crippen LogP contribution in [-0.4, -0.2) is 15.9 Å². The standard InChI is InChI=1S/C8H10N2O2/c1-6(12-7(2)11)8-5-9-3-4-10-8/h3-6H,1-2H3/t6-/m1/s1. The zero-order chi connectivity index (χ0) is 8.97. The van der Waals surface area contributed by atoms with Crippen molar-refractivity contribution < 1.29 is 9.53 Å². The van der Waals surface area contributed by atoms with Crippen LogP contribution in [0.2, 0.25) is 0 Å². The van der Waals surface area contributed by atoms with Gasteiger partial charge in [0.15, 0.2) is 0 Å². The summed E-state index contributed by atoms with van der Waals surface area (Å²) >= 11 is 0. The van der Waals surface area contributed by atoms with Crippen molar-refractivity contribution in [3.8, 4) is 0 Å². The van der Waals surface area contributed by atoms with E-state index in [4.69, 9.17) is 4.74 Å². The van der Waals surface area contributed by atoms with Crippen molar-refractivity contribution in [1.29, 1.82) is 0 Å². The van der Waals surface area contributed by atoms with Crippen LogP contribution in [0, 0.1) is 0 Å². The van der Waals surface area contributed by atoms with Gasteiger partial charge in [0.1, 0.15) is 6.10 Å². The van der Waals surface area contributed by atoms with Crippen LogP contribution >= 0.6 is 0 Å². The normalized spacial score (nSPS) is 12.2. The summed E-state index contributed by atoms with van der Waals surface area (Å²) in [6.07, 6.45) is 4.39. The van der Waals surface area contributed by atoms with Gasteiger partial charge in [-0.3, -0.25) is 14.8 Å². The second kappa shape index (κ2) is 3.80. The summed E-state index contributed by atoms with van der Waals surface area (Å²) in [4.78, 5) is 18.4. The number of hydrogen-bond donors (Lipinski definition) is 0. The Kier molecular flexibility index (Phi) is 2.74. The molecule has 0 aliphatic carbocycles. The number of ether oxygens (including phenoxy) is 1. The Balaban J connectivity index is 2.65. The van der Waals surface area contributed by atoms with Crippen LogP contribution in [-0.2, 0) is 9.53 Å². The topological polar surface area (TPSA) is 52.1 Å². The first-order valence-corrected chi connectivity index (χ1v) is 3.63. The first kappa shape index (κ1) is 8.64. The van der Waals surface area contributed by atoms with Crippen molar-refractivity contribution >= 4 is 5.97 Å². The third-order valence-electron chi connectivity index (χ3n) is 1.34. The van der Waals surface area contributed by atoms with Gasteiger partial charge in [0, 0.05) is 19.3 Å². The van der Waals surface area contributed by atoms with Gasteiger partial charge in [0.25, 0.3) is 0 Å². The summed E-state index contributed by atoms with van der Waals surface area (Å²) in [5.74, 6) is -0.312. The number of esters is 1. The lowest BCUT2D eigenvalue weighted by atomic mass is 10.3. The van der Waals surface area contributed by atoms with Gasteiger partial charge in [-0.15, -0.1) is 0 Å². The van der Waals surface area contributed by atoms with Gasteiger partial charge in [-0.05, 0) is 6.92 Å². The summed E-state index contributed by atoms with van der Waals surface area (Å²) in [7, 11) is 0. The van der Waals surface area contributed by atoms with Crippen LogP contribution < -0.4 is 0 Å². The molecule has 12 heavy (non-hydrogen) atoms. The maximum atomic E-state index is 10.6. The predicted molar refractivity (Wildman–Crippen MR) is 42.2 cm³/mol. The Bertz CT molecular complexity index is 261. The Morgan fingerprint density at radius 2 is 2.33 bits per heavy atom. The molecular weight excluding hydrogens is 156 g/mol. The van der Waals surface area contributed by atoms with Gasteiger partial charge < -0.3 is 4.74 Å². The van der Waals surface area contributed by atoms with Gasteiger partial charge in [0.05, 0.1) is 11.9 Å². The summed E-state index contributed by atoms with van der Waals surface area (Å²) < 4.78 is 4.89. The van der Waals surface area contributed by atoms with Crippen LogP contribution in [0.25, 0.3) is 0 Å². The Morgan fingerprint density at radius 1 is 1.58 bits per heavy atom. The second-order valence-corrected chi connectivity index (χ2v) is 2.38. The molecular formula is C8H10N2O2. The van der Waals surface area contributed by atoms with Gasteiger partial charge in [-0.25, -0.2) is 0 Å². The largest absolute Gasteiger partial charge is 0.456 e. The Morgan fingerprint density at radius 3 is 2.83 bits per heavy atom. The van der Waals surface area contributed by atoms with Crippen LogP contribution in [0.15, 0.2) is 18.6 Å². The highest BCUT2D eigenvalue weighted by molar-refractivity contribution is 5.66. The highest BCUT2D eigenvalue weighted by Crippen LogP contribution is 2.11. The quantitative estimate of drug-likeness (QED) is 0.617. The van der Waals surface area contributed by atoms with Crippen molar-refractivity contribution in [2.24, 2.45) is 0 Å². The molecule has 0 spiro atoms. The Labute approximate surface area is 70.6 Å². The van der Waals surface area contributed by atoms with Gasteiger partial charge in [0.2, 0.25) is 0 Å². The van der Waals surface area contributed by atoms with Crippen LogP contribution in [0.1, 0.15) is 25.6 Å². The first-order valence-electron chi connectivity index (χ1n) is 3.63. The van der Waals surface area contributed by atoms with E-state index >= 15 is 0 Å². The molecule has 0 saturated heterocycles. The number of nitrogens with zero attached hydrogens (tertiary/aromatic N) is 2. The first-order chi connectivity index (χ1) is 5.70. The predicted octanol–water partition coefficient (Wildman–Crippen LogP) is 1.10. The molecule has 64 valence electrons. The monoisotopic (exact) mass is 166 g/mol. The fraction of sp³-hybridized carbons (Fsp3) is 0.375. The molecule has 4 nitrogen and oxygen atoms in total. The third kappa shape index (κ3) is 2.30. The molecule has 0 radical (unpaired) electrons. The van der Waals surface area contributed by atoms with Crippen LogP contribution in [0.5, 0.6) is 0 Å². The summed E-state index contributed by atoms with van der Waals surface area (Å²) in [6.45, 7) is 3.12. The number of carbonyl (C=O) groups excluding carboxylic acids is 1. The molecule has 0 saturated carbocycles. The van der Waals surface area contributed by atoms with Crippen molar-refractivity contribution in [2.75, 3.05) is 0 Å². The molecule has 1 aromatic heterocycles. The third-order valence-corrected chi connectivity index (χ3v) is 1.34. The molecule has 0 aromatic carbocycles. The van der Waals surface area contributed by atoms with E-state index in [1.54, 1.807) is 25.5 Å². The zero-order valence-electron chi connectivity index (χ0n) is 7.02. The van der Waals surface area contributed by atoms with E-state index in [1.165, 1.54) is 6.92 Å². The van der Waals surface area contributed by atoms with Crippen LogP contribution in [0.4, 0.5) is 0 Å². The minimum atomic E-state index is -0.323. The SMILES string of the molecule is CC(=O)O[C@H](C)c1cnccn1. The molecule has 0 amide bonds. The van der Waals surface area contributed by atoms with E-state index in [9.17, 15) is 4.79 Å². The van der Waals surface area contributed by atoms with E-state index in [1.807, 2.05) is 0 Å². The van der Waals surface area contributed by atoms with Gasteiger partial charge in [-0.2, -0.15) is 0 Å². The lowest BCUT2D eigenvalue weighted by molar-refractivity contribution is -0.146. The molecule has 1 heterocycles. The molecule has 0 aliphatic heterocycles. The van der Waals surface area contributed by atoms with Crippen molar-refractivity contribution in [2.45, 2.75) is 20.0 Å². The fourth-order valence-electron chi connectivity index (χ4n) is 0.830. The number of aromatic nitrogens is 2. The molecule has 0 bridgehead atoms. The molecule has 0 aliphatic rings. The van der Waals surface area contributed by atoms with Crippen molar-refractivity contribution in [3.05, 3.63) is 24.3 Å². The second-order valence-electron chi connectivity index (χ2n) is 2.38. The van der Waals surface area contributed by atoms with E-state index in [0.717, 1.165) is 0 Å². The molecule has 1 atom stereocenters. The Hall–Kier alpha value is -1.45. The number of rotatable bonds is 2. The average Bonchev–Trinajstić information content (AvgIpc) is 2.05. The molecule has 0 N–H and O–H groups in total. The molecule has 1 aromatic rings. The summed E-state index contributed by atoms with van der Waals surface area (Å²) in [5, 5.41) is 0. The maximum Gasteiger partial charge on any atom is 0.303 e. The molecule has 1 rings (SSSR count). The maximum absolute atomic E-state index is 10.6. The van der Waals surface area contributed by atoms with E-state index < -0.39 is 0 Å². The van der Waals surface area contributed by atoms with Gasteiger partial charge >= 0.3 is 5.97 Å². The smallest absolute Gasteiger partial charge is 0.303 e. The molecule has 4 heteroatoms. The van der Waals surface area contributed by atoms with Crippen LogP contribution in [0.3, 0.4) is 0 Å². The molecule has 0 fully saturated rings. The summed E-state index contributed by atoms with van der Waals surface area (Å²) in [6, 6.07) is 0. The number of hydrogen-bond acceptors (Lipinski definition) is 4. The number of carbonyl (C=O) groups is 1. The minimum absolute atomic E-state index is 0.312. The minimum Gasteiger partial charge on any atom is -0.456 e. The fourth-order valence-corrected chi connectivity index (χ4v) is 0.830. The van der Waals surface area contributed by atoms with Crippen molar-refractivity contribution in [3.63, 3.8) is 0 Å². The highest BCUT2D eigenvalue weighted by atomic mass is 16.5. The van der Waals surface area contributed by atoms with Crippen molar-refractivity contribution in [1.82, 2.24) is 9.97 Å². The zero-order valence-corrected chi connectivity index (χ0v) is 7.02. The van der Waals surface area contributed by atoms with E-state index in [0.29, 0.717) is 5.69 Å². The lowest BCUT2D eigenvalue weighted by Gasteiger charge is -2.09.